The van der Waals surface area contributed by atoms with Gasteiger partial charge in [-0.3, -0.25) is 24.2 Å². The molecule has 12 heteroatoms. The van der Waals surface area contributed by atoms with E-state index in [0.717, 1.165) is 25.9 Å². The van der Waals surface area contributed by atoms with Gasteiger partial charge >= 0.3 is 5.97 Å². The van der Waals surface area contributed by atoms with E-state index in [-0.39, 0.29) is 29.6 Å². The molecule has 4 aromatic rings. The second-order valence-electron chi connectivity index (χ2n) is 13.6. The van der Waals surface area contributed by atoms with Crippen molar-refractivity contribution in [2.75, 3.05) is 36.9 Å². The number of aryl methyl sites for hydroxylation is 1. The van der Waals surface area contributed by atoms with E-state index in [0.29, 0.717) is 58.5 Å². The number of pyridine rings is 3. The van der Waals surface area contributed by atoms with Crippen molar-refractivity contribution in [3.05, 3.63) is 81.8 Å². The Balaban J connectivity index is 1.20. The van der Waals surface area contributed by atoms with E-state index in [9.17, 15) is 14.4 Å². The van der Waals surface area contributed by atoms with Crippen LogP contribution < -0.4 is 20.5 Å². The van der Waals surface area contributed by atoms with Crippen LogP contribution in [-0.4, -0.2) is 68.7 Å². The Morgan fingerprint density at radius 2 is 1.87 bits per heavy atom. The zero-order valence-electron chi connectivity index (χ0n) is 27.4. The van der Waals surface area contributed by atoms with Crippen molar-refractivity contribution >= 4 is 29.2 Å². The van der Waals surface area contributed by atoms with E-state index in [4.69, 9.17) is 9.47 Å². The highest BCUT2D eigenvalue weighted by Gasteiger charge is 2.37. The quantitative estimate of drug-likeness (QED) is 0.286. The van der Waals surface area contributed by atoms with Crippen molar-refractivity contribution in [2.24, 2.45) is 12.5 Å². The molecule has 1 N–H and O–H groups in total. The van der Waals surface area contributed by atoms with Gasteiger partial charge in [0.2, 0.25) is 0 Å². The van der Waals surface area contributed by atoms with Crippen molar-refractivity contribution in [1.29, 1.82) is 0 Å². The first-order valence-electron chi connectivity index (χ1n) is 15.9. The van der Waals surface area contributed by atoms with Crippen molar-refractivity contribution in [3.63, 3.8) is 0 Å². The predicted octanol–water partition coefficient (Wildman–Crippen LogP) is 3.93. The number of rotatable bonds is 8. The van der Waals surface area contributed by atoms with Gasteiger partial charge in [-0.2, -0.15) is 0 Å². The summed E-state index contributed by atoms with van der Waals surface area (Å²) in [4.78, 5) is 52.1. The van der Waals surface area contributed by atoms with Crippen LogP contribution in [0.5, 0.6) is 5.75 Å². The third kappa shape index (κ3) is 5.89. The number of ether oxygens (including phenoxy) is 2. The molecule has 0 spiro atoms. The van der Waals surface area contributed by atoms with Crippen molar-refractivity contribution in [3.8, 4) is 16.9 Å². The van der Waals surface area contributed by atoms with Gasteiger partial charge in [0.25, 0.3) is 11.5 Å². The summed E-state index contributed by atoms with van der Waals surface area (Å²) in [5.41, 5.74) is 5.34. The number of aromatic nitrogens is 4. The van der Waals surface area contributed by atoms with Crippen molar-refractivity contribution < 1.29 is 19.1 Å². The molecule has 4 aromatic heterocycles. The van der Waals surface area contributed by atoms with Crippen molar-refractivity contribution in [1.82, 2.24) is 24.0 Å². The van der Waals surface area contributed by atoms with Crippen LogP contribution in [0, 0.1) is 5.41 Å². The van der Waals surface area contributed by atoms with Gasteiger partial charge < -0.3 is 23.9 Å². The van der Waals surface area contributed by atoms with Crippen LogP contribution in [0.4, 0.5) is 17.3 Å². The first-order valence-corrected chi connectivity index (χ1v) is 15.9. The number of likely N-dealkylation sites (tertiary alicyclic amines) is 1. The smallest absolute Gasteiger partial charge is 0.302 e. The molecule has 6 heterocycles. The summed E-state index contributed by atoms with van der Waals surface area (Å²) in [6, 6.07) is 9.18. The minimum atomic E-state index is -0.450. The largest absolute Gasteiger partial charge is 0.486 e. The van der Waals surface area contributed by atoms with Gasteiger partial charge in [0.15, 0.2) is 0 Å². The molecule has 0 aromatic carbocycles. The van der Waals surface area contributed by atoms with Gasteiger partial charge in [-0.1, -0.05) is 13.8 Å². The normalized spacial score (nSPS) is 17.2. The van der Waals surface area contributed by atoms with Gasteiger partial charge in [-0.25, -0.2) is 9.97 Å². The number of esters is 1. The second-order valence-corrected chi connectivity index (χ2v) is 13.6. The third-order valence-electron chi connectivity index (χ3n) is 9.16. The molecule has 0 atom stereocenters. The lowest BCUT2D eigenvalue weighted by Gasteiger charge is -2.35. The van der Waals surface area contributed by atoms with Crippen molar-refractivity contribution in [2.45, 2.75) is 52.9 Å². The topological polar surface area (TPSA) is 124 Å². The summed E-state index contributed by atoms with van der Waals surface area (Å²) >= 11 is 0. The van der Waals surface area contributed by atoms with E-state index in [1.54, 1.807) is 42.7 Å². The number of likely N-dealkylation sites (N-methyl/N-ethyl adjacent to an activating group) is 1. The van der Waals surface area contributed by atoms with Crippen LogP contribution in [0.1, 0.15) is 48.1 Å². The zero-order chi connectivity index (χ0) is 33.0. The van der Waals surface area contributed by atoms with E-state index in [1.165, 1.54) is 22.7 Å². The number of amides is 1. The summed E-state index contributed by atoms with van der Waals surface area (Å²) in [5, 5.41) is 3.15. The van der Waals surface area contributed by atoms with Crippen LogP contribution in [0.15, 0.2) is 53.7 Å². The van der Waals surface area contributed by atoms with Crippen LogP contribution in [-0.2, 0) is 42.6 Å². The minimum Gasteiger partial charge on any atom is -0.486 e. The second kappa shape index (κ2) is 11.7. The predicted molar refractivity (Wildman–Crippen MR) is 177 cm³/mol. The molecule has 0 saturated carbocycles. The summed E-state index contributed by atoms with van der Waals surface area (Å²) < 4.78 is 15.1. The maximum absolute atomic E-state index is 14.0. The Labute approximate surface area is 272 Å². The van der Waals surface area contributed by atoms with Gasteiger partial charge in [-0.15, -0.1) is 0 Å². The molecule has 2 aliphatic heterocycles. The number of nitrogens with one attached hydrogen (secondary N) is 1. The molecule has 12 nitrogen and oxygen atoms in total. The third-order valence-corrected chi connectivity index (χ3v) is 9.16. The fraction of sp³-hybridized carbons (Fsp3) is 0.400. The fourth-order valence-corrected chi connectivity index (χ4v) is 6.93. The summed E-state index contributed by atoms with van der Waals surface area (Å²) in [7, 11) is 3.72. The van der Waals surface area contributed by atoms with Gasteiger partial charge in [0, 0.05) is 69.4 Å². The molecule has 0 unspecified atom stereocenters. The SMILES string of the molecule is CC(=O)OCc1c(-c2cc(Nc3ccc(OC4CN(C)C4)cn3)c(=O)n(C)c2)ccnc1N1CCn2c(cc3c2CC(C)(C)C3)C1=O. The number of carbonyl (C=O) groups excluding carboxylic acids is 2. The average molecular weight is 638 g/mol. The monoisotopic (exact) mass is 637 g/mol. The van der Waals surface area contributed by atoms with Gasteiger partial charge in [0.1, 0.15) is 41.5 Å². The molecule has 3 aliphatic rings. The minimum absolute atomic E-state index is 0.0886. The standard InChI is InChI=1S/C35H39N7O5/c1-21(43)46-20-27-26(8-9-36-32(27)42-11-10-41-29(34(42)45)13-22-14-35(2,3)15-30(22)41)23-12-28(33(44)40(5)17-23)38-31-7-6-24(16-37-31)47-25-18-39(4)19-25/h6-9,12-13,16-17,25H,10-11,14-15,18-20H2,1-5H3,(H,37,38). The molecule has 1 fully saturated rings. The molecule has 1 saturated heterocycles. The fourth-order valence-electron chi connectivity index (χ4n) is 6.93. The lowest BCUT2D eigenvalue weighted by atomic mass is 9.90. The Hall–Kier alpha value is -4.97. The first-order chi connectivity index (χ1) is 22.5. The molecule has 0 bridgehead atoms. The van der Waals surface area contributed by atoms with E-state index >= 15 is 0 Å². The Morgan fingerprint density at radius 1 is 1.06 bits per heavy atom. The highest BCUT2D eigenvalue weighted by molar-refractivity contribution is 6.06. The highest BCUT2D eigenvalue weighted by Crippen LogP contribution is 2.40. The van der Waals surface area contributed by atoms with Crippen LogP contribution in [0.3, 0.4) is 0 Å². The number of hydrogen-bond donors (Lipinski definition) is 1. The highest BCUT2D eigenvalue weighted by atomic mass is 16.5. The van der Waals surface area contributed by atoms with Crippen LogP contribution in [0.25, 0.3) is 11.1 Å². The molecular weight excluding hydrogens is 598 g/mol. The average Bonchev–Trinajstić information content (AvgIpc) is 3.50. The Bertz CT molecular complexity index is 1940. The maximum atomic E-state index is 14.0. The summed E-state index contributed by atoms with van der Waals surface area (Å²) in [6.45, 7) is 8.59. The number of fused-ring (bicyclic) bond motifs is 3. The summed E-state index contributed by atoms with van der Waals surface area (Å²) in [5.74, 6) is 1.00. The summed E-state index contributed by atoms with van der Waals surface area (Å²) in [6.07, 6.45) is 7.03. The molecule has 7 rings (SSSR count). The molecule has 1 aliphatic carbocycles. The van der Waals surface area contributed by atoms with Crippen LogP contribution in [0.2, 0.25) is 0 Å². The molecular formula is C35H39N7O5. The molecule has 47 heavy (non-hydrogen) atoms. The lowest BCUT2D eigenvalue weighted by molar-refractivity contribution is -0.142. The number of hydrogen-bond acceptors (Lipinski definition) is 9. The van der Waals surface area contributed by atoms with Crippen LogP contribution >= 0.6 is 0 Å². The van der Waals surface area contributed by atoms with Gasteiger partial charge in [0.05, 0.1) is 6.20 Å². The van der Waals surface area contributed by atoms with E-state index in [2.05, 4.69) is 38.6 Å². The molecule has 1 amide bonds. The zero-order valence-corrected chi connectivity index (χ0v) is 27.4. The maximum Gasteiger partial charge on any atom is 0.302 e. The van der Waals surface area contributed by atoms with Gasteiger partial charge in [-0.05, 0) is 66.8 Å². The molecule has 0 radical (unpaired) electrons. The number of anilines is 3. The number of carbonyl (C=O) groups is 2. The Morgan fingerprint density at radius 3 is 2.60 bits per heavy atom. The first kappa shape index (κ1) is 30.7. The Kier molecular flexibility index (Phi) is 7.62. The number of nitrogens with zero attached hydrogens (tertiary/aromatic N) is 6. The lowest BCUT2D eigenvalue weighted by Crippen LogP contribution is -2.51. The molecule has 244 valence electrons. The van der Waals surface area contributed by atoms with E-state index in [1.807, 2.05) is 25.2 Å². The van der Waals surface area contributed by atoms with E-state index < -0.39 is 5.97 Å².